The van der Waals surface area contributed by atoms with Crippen LogP contribution in [0.4, 0.5) is 5.69 Å². The van der Waals surface area contributed by atoms with Crippen LogP contribution in [0, 0.1) is 0 Å². The van der Waals surface area contributed by atoms with Gasteiger partial charge in [-0.15, -0.1) is 0 Å². The standard InChI is InChI=1S/C9H12N2O3/c1-5(2)14-8-7(9(12)13)3-6(10)4-11-8/h3-5H,10H2,1-2H3,(H,12,13). The van der Waals surface area contributed by atoms with Gasteiger partial charge < -0.3 is 15.6 Å². The molecule has 1 aromatic heterocycles. The number of nitrogens with zero attached hydrogens (tertiary/aromatic N) is 1. The zero-order valence-electron chi connectivity index (χ0n) is 8.02. The monoisotopic (exact) mass is 196 g/mol. The molecule has 0 unspecified atom stereocenters. The summed E-state index contributed by atoms with van der Waals surface area (Å²) in [5.74, 6) is -0.998. The molecule has 1 heterocycles. The van der Waals surface area contributed by atoms with Crippen LogP contribution in [0.1, 0.15) is 24.2 Å². The van der Waals surface area contributed by atoms with E-state index < -0.39 is 5.97 Å². The van der Waals surface area contributed by atoms with Crippen LogP contribution in [0.5, 0.6) is 5.88 Å². The number of aromatic nitrogens is 1. The zero-order chi connectivity index (χ0) is 10.7. The normalized spacial score (nSPS) is 10.2. The second-order valence-corrected chi connectivity index (χ2v) is 3.09. The van der Waals surface area contributed by atoms with Crippen molar-refractivity contribution < 1.29 is 14.6 Å². The van der Waals surface area contributed by atoms with E-state index >= 15 is 0 Å². The first-order valence-electron chi connectivity index (χ1n) is 4.16. The first kappa shape index (κ1) is 10.3. The second-order valence-electron chi connectivity index (χ2n) is 3.09. The maximum Gasteiger partial charge on any atom is 0.341 e. The first-order valence-corrected chi connectivity index (χ1v) is 4.16. The fourth-order valence-electron chi connectivity index (χ4n) is 0.939. The Labute approximate surface area is 81.5 Å². The SMILES string of the molecule is CC(C)Oc1ncc(N)cc1C(=O)O. The van der Waals surface area contributed by atoms with Crippen molar-refractivity contribution in [3.8, 4) is 5.88 Å². The Balaban J connectivity index is 3.08. The van der Waals surface area contributed by atoms with Crippen LogP contribution in [0.25, 0.3) is 0 Å². The highest BCUT2D eigenvalue weighted by molar-refractivity contribution is 5.91. The van der Waals surface area contributed by atoms with Crippen molar-refractivity contribution in [3.05, 3.63) is 17.8 Å². The van der Waals surface area contributed by atoms with Gasteiger partial charge in [-0.3, -0.25) is 0 Å². The van der Waals surface area contributed by atoms with Gasteiger partial charge >= 0.3 is 5.97 Å². The van der Waals surface area contributed by atoms with Crippen LogP contribution >= 0.6 is 0 Å². The van der Waals surface area contributed by atoms with E-state index in [1.54, 1.807) is 13.8 Å². The van der Waals surface area contributed by atoms with Gasteiger partial charge in [0.1, 0.15) is 5.56 Å². The van der Waals surface area contributed by atoms with Crippen LogP contribution in [-0.4, -0.2) is 22.2 Å². The summed E-state index contributed by atoms with van der Waals surface area (Å²) in [4.78, 5) is 14.6. The van der Waals surface area contributed by atoms with Gasteiger partial charge in [0.15, 0.2) is 0 Å². The third kappa shape index (κ3) is 2.35. The Kier molecular flexibility index (Phi) is 2.91. The number of hydrogen-bond donors (Lipinski definition) is 2. The van der Waals surface area contributed by atoms with Crippen LogP contribution in [0.3, 0.4) is 0 Å². The molecule has 0 aromatic carbocycles. The number of carboxylic acids is 1. The predicted octanol–water partition coefficient (Wildman–Crippen LogP) is 1.15. The number of nitrogens with two attached hydrogens (primary N) is 1. The molecule has 0 aliphatic carbocycles. The van der Waals surface area contributed by atoms with E-state index in [-0.39, 0.29) is 17.5 Å². The van der Waals surface area contributed by atoms with Crippen molar-refractivity contribution in [2.24, 2.45) is 0 Å². The summed E-state index contributed by atoms with van der Waals surface area (Å²) in [6.45, 7) is 3.59. The Bertz CT molecular complexity index is 350. The van der Waals surface area contributed by atoms with Crippen molar-refractivity contribution in [2.75, 3.05) is 5.73 Å². The number of nitrogen functional groups attached to an aromatic ring is 1. The number of pyridine rings is 1. The zero-order valence-corrected chi connectivity index (χ0v) is 8.02. The number of carboxylic acid groups (broad SMARTS) is 1. The van der Waals surface area contributed by atoms with Crippen LogP contribution < -0.4 is 10.5 Å². The number of ether oxygens (including phenoxy) is 1. The number of aromatic carboxylic acids is 1. The molecule has 0 fully saturated rings. The van der Waals surface area contributed by atoms with Gasteiger partial charge in [-0.1, -0.05) is 0 Å². The number of rotatable bonds is 3. The molecule has 1 rings (SSSR count). The van der Waals surface area contributed by atoms with Crippen molar-refractivity contribution in [1.29, 1.82) is 0 Å². The summed E-state index contributed by atoms with van der Waals surface area (Å²) in [6.07, 6.45) is 1.24. The molecule has 76 valence electrons. The molecule has 1 aromatic rings. The van der Waals surface area contributed by atoms with Crippen molar-refractivity contribution >= 4 is 11.7 Å². The summed E-state index contributed by atoms with van der Waals surface area (Å²) in [5, 5.41) is 8.83. The fourth-order valence-corrected chi connectivity index (χ4v) is 0.939. The minimum Gasteiger partial charge on any atom is -0.477 e. The van der Waals surface area contributed by atoms with Crippen molar-refractivity contribution in [1.82, 2.24) is 4.98 Å². The van der Waals surface area contributed by atoms with Gasteiger partial charge in [0, 0.05) is 0 Å². The Morgan fingerprint density at radius 2 is 2.29 bits per heavy atom. The lowest BCUT2D eigenvalue weighted by Gasteiger charge is -2.10. The van der Waals surface area contributed by atoms with Gasteiger partial charge in [0.25, 0.3) is 0 Å². The number of anilines is 1. The Morgan fingerprint density at radius 3 is 2.79 bits per heavy atom. The molecule has 0 spiro atoms. The summed E-state index contributed by atoms with van der Waals surface area (Å²) >= 11 is 0. The maximum absolute atomic E-state index is 10.8. The van der Waals surface area contributed by atoms with E-state index in [0.29, 0.717) is 5.69 Å². The third-order valence-electron chi connectivity index (χ3n) is 1.45. The Morgan fingerprint density at radius 1 is 1.64 bits per heavy atom. The smallest absolute Gasteiger partial charge is 0.341 e. The minimum atomic E-state index is -1.10. The molecule has 3 N–H and O–H groups in total. The predicted molar refractivity (Wildman–Crippen MR) is 51.4 cm³/mol. The van der Waals surface area contributed by atoms with E-state index in [4.69, 9.17) is 15.6 Å². The highest BCUT2D eigenvalue weighted by Gasteiger charge is 2.14. The highest BCUT2D eigenvalue weighted by atomic mass is 16.5. The quantitative estimate of drug-likeness (QED) is 0.757. The van der Waals surface area contributed by atoms with Crippen LogP contribution in [0.15, 0.2) is 12.3 Å². The van der Waals surface area contributed by atoms with Gasteiger partial charge in [0.2, 0.25) is 5.88 Å². The van der Waals surface area contributed by atoms with Crippen molar-refractivity contribution in [2.45, 2.75) is 20.0 Å². The molecule has 14 heavy (non-hydrogen) atoms. The molecule has 0 bridgehead atoms. The van der Waals surface area contributed by atoms with Gasteiger partial charge in [-0.25, -0.2) is 9.78 Å². The van der Waals surface area contributed by atoms with Gasteiger partial charge in [0.05, 0.1) is 18.0 Å². The van der Waals surface area contributed by atoms with E-state index in [0.717, 1.165) is 0 Å². The molecule has 0 saturated carbocycles. The Hall–Kier alpha value is -1.78. The average Bonchev–Trinajstić information content (AvgIpc) is 2.07. The molecule has 0 amide bonds. The molecule has 0 saturated heterocycles. The molecule has 0 aliphatic rings. The van der Waals surface area contributed by atoms with E-state index in [9.17, 15) is 4.79 Å². The molecule has 0 aliphatic heterocycles. The molecular weight excluding hydrogens is 184 g/mol. The second kappa shape index (κ2) is 3.95. The van der Waals surface area contributed by atoms with Crippen LogP contribution in [0.2, 0.25) is 0 Å². The molecule has 0 atom stereocenters. The van der Waals surface area contributed by atoms with E-state index in [1.807, 2.05) is 0 Å². The van der Waals surface area contributed by atoms with Crippen LogP contribution in [-0.2, 0) is 0 Å². The molecular formula is C9H12N2O3. The lowest BCUT2D eigenvalue weighted by atomic mass is 10.2. The van der Waals surface area contributed by atoms with E-state index in [1.165, 1.54) is 12.3 Å². The first-order chi connectivity index (χ1) is 6.50. The number of hydrogen-bond acceptors (Lipinski definition) is 4. The molecule has 5 heteroatoms. The topological polar surface area (TPSA) is 85.4 Å². The minimum absolute atomic E-state index is 0.0151. The maximum atomic E-state index is 10.8. The summed E-state index contributed by atoms with van der Waals surface area (Å²) in [6, 6.07) is 1.33. The van der Waals surface area contributed by atoms with Crippen molar-refractivity contribution in [3.63, 3.8) is 0 Å². The van der Waals surface area contributed by atoms with E-state index in [2.05, 4.69) is 4.98 Å². The summed E-state index contributed by atoms with van der Waals surface area (Å²) < 4.78 is 5.21. The van der Waals surface area contributed by atoms with Gasteiger partial charge in [-0.2, -0.15) is 0 Å². The highest BCUT2D eigenvalue weighted by Crippen LogP contribution is 2.18. The lowest BCUT2D eigenvalue weighted by Crippen LogP contribution is -2.11. The average molecular weight is 196 g/mol. The fraction of sp³-hybridized carbons (Fsp3) is 0.333. The van der Waals surface area contributed by atoms with Gasteiger partial charge in [-0.05, 0) is 19.9 Å². The summed E-state index contributed by atoms with van der Waals surface area (Å²) in [7, 11) is 0. The largest absolute Gasteiger partial charge is 0.477 e. The summed E-state index contributed by atoms with van der Waals surface area (Å²) in [5.41, 5.74) is 5.70. The third-order valence-corrected chi connectivity index (χ3v) is 1.45. The lowest BCUT2D eigenvalue weighted by molar-refractivity contribution is 0.0689. The molecule has 5 nitrogen and oxygen atoms in total. The molecule has 0 radical (unpaired) electrons. The number of carbonyl (C=O) groups is 1.